The highest BCUT2D eigenvalue weighted by Gasteiger charge is 2.26. The van der Waals surface area contributed by atoms with Gasteiger partial charge in [0.05, 0.1) is 18.8 Å². The molecule has 0 bridgehead atoms. The average Bonchev–Trinajstić information content (AvgIpc) is 3.27. The first kappa shape index (κ1) is 31.0. The summed E-state index contributed by atoms with van der Waals surface area (Å²) in [5.41, 5.74) is 6.69. The molecule has 0 saturated carbocycles. The third-order valence-electron chi connectivity index (χ3n) is 7.48. The number of thioether (sulfide) groups is 1. The predicted octanol–water partition coefficient (Wildman–Crippen LogP) is 7.30. The smallest absolute Gasteiger partial charge is 0.303 e. The first-order valence-electron chi connectivity index (χ1n) is 14.1. The molecule has 1 aliphatic heterocycles. The number of fused-ring (bicyclic) bond motifs is 1. The van der Waals surface area contributed by atoms with E-state index in [4.69, 9.17) is 9.47 Å². The van der Waals surface area contributed by atoms with Crippen molar-refractivity contribution >= 4 is 33.1 Å². The van der Waals surface area contributed by atoms with Crippen molar-refractivity contribution in [3.8, 4) is 11.5 Å². The maximum atomic E-state index is 11.4. The first-order chi connectivity index (χ1) is 19.5. The number of rotatable bonds is 10. The Hall–Kier alpha value is -2.97. The van der Waals surface area contributed by atoms with E-state index in [0.29, 0.717) is 13.0 Å². The molecule has 2 aliphatic rings. The number of benzene rings is 2. The molecule has 0 amide bonds. The lowest BCUT2D eigenvalue weighted by Crippen LogP contribution is -2.16. The molecule has 2 aromatic rings. The summed E-state index contributed by atoms with van der Waals surface area (Å²) in [6.45, 7) is 8.95. The van der Waals surface area contributed by atoms with Gasteiger partial charge in [-0.25, -0.2) is 8.42 Å². The van der Waals surface area contributed by atoms with Gasteiger partial charge in [0, 0.05) is 29.2 Å². The van der Waals surface area contributed by atoms with E-state index in [0.717, 1.165) is 81.2 Å². The van der Waals surface area contributed by atoms with Crippen LogP contribution in [0.15, 0.2) is 65.6 Å². The summed E-state index contributed by atoms with van der Waals surface area (Å²) in [7, 11) is -2.99. The number of carboxylic acid groups (broad SMARTS) is 1. The summed E-state index contributed by atoms with van der Waals surface area (Å²) in [6.07, 6.45) is 11.8. The van der Waals surface area contributed by atoms with E-state index in [-0.39, 0.29) is 24.2 Å². The van der Waals surface area contributed by atoms with Crippen molar-refractivity contribution < 1.29 is 27.8 Å². The fourth-order valence-electron chi connectivity index (χ4n) is 5.52. The first-order valence-corrected chi connectivity index (χ1v) is 17.2. The molecule has 0 aromatic heterocycles. The molecule has 1 N–H and O–H groups in total. The summed E-state index contributed by atoms with van der Waals surface area (Å²) in [6, 6.07) is 10.1. The molecule has 1 heterocycles. The van der Waals surface area contributed by atoms with Crippen LogP contribution in [0.4, 0.5) is 0 Å². The van der Waals surface area contributed by atoms with Crippen molar-refractivity contribution in [2.75, 3.05) is 24.4 Å². The van der Waals surface area contributed by atoms with Gasteiger partial charge in [-0.3, -0.25) is 4.79 Å². The van der Waals surface area contributed by atoms with Crippen LogP contribution in [0.3, 0.4) is 0 Å². The highest BCUT2D eigenvalue weighted by Crippen LogP contribution is 2.43. The third-order valence-corrected chi connectivity index (χ3v) is 9.74. The molecule has 0 saturated heterocycles. The fourth-order valence-corrected chi connectivity index (χ4v) is 7.44. The van der Waals surface area contributed by atoms with Crippen LogP contribution in [-0.2, 0) is 14.6 Å². The van der Waals surface area contributed by atoms with E-state index >= 15 is 0 Å². The lowest BCUT2D eigenvalue weighted by atomic mass is 9.88. The van der Waals surface area contributed by atoms with Crippen LogP contribution in [0.5, 0.6) is 11.5 Å². The largest absolute Gasteiger partial charge is 0.494 e. The van der Waals surface area contributed by atoms with E-state index < -0.39 is 15.8 Å². The molecule has 6 nitrogen and oxygen atoms in total. The summed E-state index contributed by atoms with van der Waals surface area (Å²) >= 11 is 1.71. The Balaban J connectivity index is 1.42. The zero-order chi connectivity index (χ0) is 29.6. The lowest BCUT2D eigenvalue weighted by Gasteiger charge is -2.21. The van der Waals surface area contributed by atoms with Gasteiger partial charge in [0.15, 0.2) is 0 Å². The molecule has 41 heavy (non-hydrogen) atoms. The topological polar surface area (TPSA) is 89.9 Å². The molecule has 220 valence electrons. The van der Waals surface area contributed by atoms with Gasteiger partial charge in [0.1, 0.15) is 27.4 Å². The van der Waals surface area contributed by atoms with Crippen LogP contribution >= 0.6 is 11.8 Å². The van der Waals surface area contributed by atoms with Crippen LogP contribution in [0.1, 0.15) is 66.7 Å². The minimum Gasteiger partial charge on any atom is -0.494 e. The Morgan fingerprint density at radius 1 is 1.15 bits per heavy atom. The maximum Gasteiger partial charge on any atom is 0.303 e. The van der Waals surface area contributed by atoms with Crippen molar-refractivity contribution in [2.24, 2.45) is 0 Å². The average molecular weight is 597 g/mol. The normalized spacial score (nSPS) is 21.4. The van der Waals surface area contributed by atoms with Gasteiger partial charge in [0.2, 0.25) is 0 Å². The number of allylic oxidation sites excluding steroid dienone is 4. The molecule has 2 aromatic carbocycles. The van der Waals surface area contributed by atoms with E-state index in [9.17, 15) is 18.3 Å². The Kier molecular flexibility index (Phi) is 10.4. The number of ether oxygens (including phenoxy) is 2. The summed E-state index contributed by atoms with van der Waals surface area (Å²) in [5, 5.41) is 9.19. The summed E-state index contributed by atoms with van der Waals surface area (Å²) < 4.78 is 35.0. The van der Waals surface area contributed by atoms with Gasteiger partial charge in [-0.05, 0) is 97.2 Å². The second-order valence-corrected chi connectivity index (χ2v) is 14.4. The van der Waals surface area contributed by atoms with Gasteiger partial charge in [-0.1, -0.05) is 30.9 Å². The monoisotopic (exact) mass is 596 g/mol. The van der Waals surface area contributed by atoms with E-state index in [1.54, 1.807) is 11.8 Å². The number of carbonyl (C=O) groups is 1. The number of sulfone groups is 1. The molecular formula is C33H40O6S2. The Morgan fingerprint density at radius 2 is 1.90 bits per heavy atom. The van der Waals surface area contributed by atoms with Crippen molar-refractivity contribution in [3.63, 3.8) is 0 Å². The molecule has 0 spiro atoms. The fraction of sp³-hybridized carbons (Fsp3) is 0.424. The van der Waals surface area contributed by atoms with Gasteiger partial charge in [-0.15, -0.1) is 11.8 Å². The highest BCUT2D eigenvalue weighted by molar-refractivity contribution is 7.99. The van der Waals surface area contributed by atoms with Crippen LogP contribution in [0, 0.1) is 13.8 Å². The number of aliphatic carboxylic acids is 1. The number of hydrogen-bond acceptors (Lipinski definition) is 6. The summed E-state index contributed by atoms with van der Waals surface area (Å²) in [5.74, 6) is 1.81. The van der Waals surface area contributed by atoms with Crippen LogP contribution in [0.2, 0.25) is 0 Å². The lowest BCUT2D eigenvalue weighted by molar-refractivity contribution is -0.137. The molecular weight excluding hydrogens is 556 g/mol. The van der Waals surface area contributed by atoms with E-state index in [2.05, 4.69) is 44.7 Å². The SMILES string of the molecule is C=C1CCC[C@@H](Oc2ccc3c(c2)SC[C@H]3CC(=O)O)C/C=C\C=C/1c1c(C)cc(OCCCS(C)(=O)=O)cc1C. The van der Waals surface area contributed by atoms with E-state index in [1.807, 2.05) is 24.3 Å². The molecule has 0 fully saturated rings. The third kappa shape index (κ3) is 8.76. The zero-order valence-electron chi connectivity index (χ0n) is 24.1. The predicted molar refractivity (Wildman–Crippen MR) is 167 cm³/mol. The quantitative estimate of drug-likeness (QED) is 0.288. The standard InChI is InChI=1S/C33H40O6S2/c1-22-9-7-11-26(39-27-13-14-30-25(19-32(34)35)21-40-31(30)20-27)10-5-6-12-29(22)33-23(2)17-28(18-24(33)3)38-15-8-16-41(4,36)37/h5-6,12-14,17-18,20,25-26H,1,7-11,15-16,19,21H2,2-4H3,(H,34,35)/b6-5-,29-12+/t25-,26+/m1/s1. The zero-order valence-corrected chi connectivity index (χ0v) is 25.8. The van der Waals surface area contributed by atoms with Gasteiger partial charge in [0.25, 0.3) is 0 Å². The minimum atomic E-state index is -2.99. The van der Waals surface area contributed by atoms with Crippen LogP contribution < -0.4 is 9.47 Å². The molecule has 2 atom stereocenters. The number of hydrogen-bond donors (Lipinski definition) is 1. The van der Waals surface area contributed by atoms with E-state index in [1.165, 1.54) is 6.26 Å². The second kappa shape index (κ2) is 13.8. The van der Waals surface area contributed by atoms with Crippen LogP contribution in [0.25, 0.3) is 5.57 Å². The van der Waals surface area contributed by atoms with Crippen molar-refractivity contribution in [1.82, 2.24) is 0 Å². The number of aryl methyl sites for hydroxylation is 2. The number of carboxylic acids is 1. The van der Waals surface area contributed by atoms with Gasteiger partial charge >= 0.3 is 5.97 Å². The van der Waals surface area contributed by atoms with Crippen molar-refractivity contribution in [3.05, 3.63) is 83.0 Å². The highest BCUT2D eigenvalue weighted by atomic mass is 32.2. The molecule has 8 heteroatoms. The maximum absolute atomic E-state index is 11.4. The Labute approximate surface area is 248 Å². The molecule has 4 rings (SSSR count). The molecule has 0 unspecified atom stereocenters. The molecule has 0 radical (unpaired) electrons. The second-order valence-electron chi connectivity index (χ2n) is 11.0. The summed E-state index contributed by atoms with van der Waals surface area (Å²) in [4.78, 5) is 12.3. The Morgan fingerprint density at radius 3 is 2.61 bits per heavy atom. The molecule has 1 aliphatic carbocycles. The van der Waals surface area contributed by atoms with Gasteiger partial charge in [-0.2, -0.15) is 0 Å². The Bertz CT molecular complexity index is 1430. The van der Waals surface area contributed by atoms with Crippen molar-refractivity contribution in [1.29, 1.82) is 0 Å². The minimum absolute atomic E-state index is 0.0517. The van der Waals surface area contributed by atoms with Gasteiger partial charge < -0.3 is 14.6 Å². The van der Waals surface area contributed by atoms with Crippen molar-refractivity contribution in [2.45, 2.75) is 69.3 Å². The van der Waals surface area contributed by atoms with Crippen LogP contribution in [-0.4, -0.2) is 50.0 Å².